The predicted molar refractivity (Wildman–Crippen MR) is 82.0 cm³/mol. The third-order valence-electron chi connectivity index (χ3n) is 2.82. The molecule has 0 saturated carbocycles. The Kier molecular flexibility index (Phi) is 3.73. The maximum Gasteiger partial charge on any atom is 0.269 e. The molecule has 7 heteroatoms. The lowest BCUT2D eigenvalue weighted by molar-refractivity contribution is 0.412. The molecule has 0 unspecified atom stereocenters. The van der Waals surface area contributed by atoms with E-state index in [1.165, 1.54) is 11.3 Å². The van der Waals surface area contributed by atoms with E-state index in [2.05, 4.69) is 32.1 Å². The normalized spacial score (nSPS) is 10.3. The average Bonchev–Trinajstić information content (AvgIpc) is 3.15. The van der Waals surface area contributed by atoms with Crippen molar-refractivity contribution in [2.75, 3.05) is 7.11 Å². The number of thiophene rings is 1. The Morgan fingerprint density at radius 1 is 1.38 bits per heavy atom. The Labute approximate surface area is 132 Å². The fraction of sp³-hybridized carbons (Fsp3) is 0.0714. The molecular weight excluding hydrogens is 354 g/mol. The monoisotopic (exact) mass is 361 g/mol. The van der Waals surface area contributed by atoms with Gasteiger partial charge in [0.2, 0.25) is 5.82 Å². The van der Waals surface area contributed by atoms with Crippen LogP contribution in [0.5, 0.6) is 5.75 Å². The average molecular weight is 362 g/mol. The third-order valence-corrected chi connectivity index (χ3v) is 4.34. The van der Waals surface area contributed by atoms with Crippen LogP contribution in [0.1, 0.15) is 5.56 Å². The summed E-state index contributed by atoms with van der Waals surface area (Å²) in [7, 11) is 1.60. The van der Waals surface area contributed by atoms with Crippen molar-refractivity contribution < 1.29 is 9.26 Å². The number of nitriles is 1. The number of halogens is 1. The number of hydrogen-bond donors (Lipinski definition) is 0. The smallest absolute Gasteiger partial charge is 0.269 e. The number of aromatic nitrogens is 2. The maximum atomic E-state index is 9.03. The van der Waals surface area contributed by atoms with E-state index in [9.17, 15) is 0 Å². The van der Waals surface area contributed by atoms with Gasteiger partial charge in [0.05, 0.1) is 17.1 Å². The van der Waals surface area contributed by atoms with Crippen LogP contribution in [0.3, 0.4) is 0 Å². The SMILES string of the molecule is COc1ccc(-c2noc(-c3sccc3C#N)n2)cc1Br. The van der Waals surface area contributed by atoms with Gasteiger partial charge in [-0.15, -0.1) is 11.3 Å². The fourth-order valence-corrected chi connectivity index (χ4v) is 3.11. The summed E-state index contributed by atoms with van der Waals surface area (Å²) in [6.45, 7) is 0. The molecule has 0 aliphatic heterocycles. The summed E-state index contributed by atoms with van der Waals surface area (Å²) in [6, 6.07) is 9.36. The van der Waals surface area contributed by atoms with E-state index < -0.39 is 0 Å². The molecule has 1 aromatic carbocycles. The summed E-state index contributed by atoms with van der Waals surface area (Å²) in [6.07, 6.45) is 0. The summed E-state index contributed by atoms with van der Waals surface area (Å²) in [5, 5.41) is 14.8. The first-order chi connectivity index (χ1) is 10.2. The van der Waals surface area contributed by atoms with Crippen LogP contribution in [0.2, 0.25) is 0 Å². The molecule has 104 valence electrons. The highest BCUT2D eigenvalue weighted by molar-refractivity contribution is 9.10. The summed E-state index contributed by atoms with van der Waals surface area (Å²) >= 11 is 4.82. The Morgan fingerprint density at radius 2 is 2.24 bits per heavy atom. The molecule has 0 bridgehead atoms. The Hall–Kier alpha value is -2.17. The summed E-state index contributed by atoms with van der Waals surface area (Å²) in [4.78, 5) is 5.03. The number of ether oxygens (including phenoxy) is 1. The van der Waals surface area contributed by atoms with Crippen LogP contribution in [0.4, 0.5) is 0 Å². The van der Waals surface area contributed by atoms with E-state index in [-0.39, 0.29) is 0 Å². The van der Waals surface area contributed by atoms with Crippen molar-refractivity contribution in [2.24, 2.45) is 0 Å². The first-order valence-electron chi connectivity index (χ1n) is 5.88. The molecule has 0 radical (unpaired) electrons. The largest absolute Gasteiger partial charge is 0.496 e. The maximum absolute atomic E-state index is 9.03. The van der Waals surface area contributed by atoms with Crippen molar-refractivity contribution >= 4 is 27.3 Å². The van der Waals surface area contributed by atoms with Crippen molar-refractivity contribution in [1.29, 1.82) is 5.26 Å². The van der Waals surface area contributed by atoms with Crippen molar-refractivity contribution in [2.45, 2.75) is 0 Å². The van der Waals surface area contributed by atoms with Crippen LogP contribution in [-0.2, 0) is 0 Å². The molecule has 3 aromatic rings. The molecule has 0 aliphatic carbocycles. The van der Waals surface area contributed by atoms with Gasteiger partial charge in [-0.25, -0.2) is 0 Å². The number of rotatable bonds is 3. The number of methoxy groups -OCH3 is 1. The summed E-state index contributed by atoms with van der Waals surface area (Å²) in [5.41, 5.74) is 1.33. The van der Waals surface area contributed by atoms with Crippen molar-refractivity contribution in [3.05, 3.63) is 39.7 Å². The van der Waals surface area contributed by atoms with Crippen molar-refractivity contribution in [3.8, 4) is 34.0 Å². The molecule has 0 amide bonds. The van der Waals surface area contributed by atoms with Crippen LogP contribution in [-0.4, -0.2) is 17.3 Å². The predicted octanol–water partition coefficient (Wildman–Crippen LogP) is 4.11. The van der Waals surface area contributed by atoms with Gasteiger partial charge in [0.1, 0.15) is 16.7 Å². The lowest BCUT2D eigenvalue weighted by Gasteiger charge is -2.03. The molecule has 0 spiro atoms. The number of hydrogen-bond acceptors (Lipinski definition) is 6. The quantitative estimate of drug-likeness (QED) is 0.701. The Balaban J connectivity index is 1.99. The third kappa shape index (κ3) is 2.55. The minimum atomic E-state index is 0.350. The molecule has 2 heterocycles. The van der Waals surface area contributed by atoms with E-state index in [1.54, 1.807) is 13.2 Å². The van der Waals surface area contributed by atoms with Gasteiger partial charge < -0.3 is 9.26 Å². The van der Waals surface area contributed by atoms with Gasteiger partial charge in [-0.2, -0.15) is 10.2 Å². The van der Waals surface area contributed by atoms with Gasteiger partial charge in [0.25, 0.3) is 5.89 Å². The summed E-state index contributed by atoms with van der Waals surface area (Å²) in [5.74, 6) is 1.54. The molecule has 21 heavy (non-hydrogen) atoms. The molecule has 0 fully saturated rings. The van der Waals surface area contributed by atoms with Gasteiger partial charge in [-0.1, -0.05) is 5.16 Å². The van der Waals surface area contributed by atoms with Crippen LogP contribution in [0.15, 0.2) is 38.6 Å². The zero-order valence-electron chi connectivity index (χ0n) is 10.8. The molecule has 0 N–H and O–H groups in total. The van der Waals surface area contributed by atoms with E-state index in [1.807, 2.05) is 23.6 Å². The second kappa shape index (κ2) is 5.68. The number of benzene rings is 1. The van der Waals surface area contributed by atoms with Crippen LogP contribution in [0.25, 0.3) is 22.2 Å². The highest BCUT2D eigenvalue weighted by Crippen LogP contribution is 2.32. The lowest BCUT2D eigenvalue weighted by Crippen LogP contribution is -1.86. The van der Waals surface area contributed by atoms with E-state index in [0.29, 0.717) is 22.2 Å². The van der Waals surface area contributed by atoms with Gasteiger partial charge >= 0.3 is 0 Å². The zero-order valence-corrected chi connectivity index (χ0v) is 13.2. The highest BCUT2D eigenvalue weighted by atomic mass is 79.9. The molecule has 5 nitrogen and oxygen atoms in total. The van der Waals surface area contributed by atoms with Gasteiger partial charge in [0.15, 0.2) is 0 Å². The van der Waals surface area contributed by atoms with Gasteiger partial charge in [-0.05, 0) is 45.6 Å². The molecule has 0 saturated heterocycles. The topological polar surface area (TPSA) is 71.9 Å². The van der Waals surface area contributed by atoms with Crippen LogP contribution in [0, 0.1) is 11.3 Å². The molecule has 0 aliphatic rings. The minimum Gasteiger partial charge on any atom is -0.496 e. The zero-order chi connectivity index (χ0) is 14.8. The Morgan fingerprint density at radius 3 is 2.95 bits per heavy atom. The van der Waals surface area contributed by atoms with E-state index in [4.69, 9.17) is 14.5 Å². The van der Waals surface area contributed by atoms with E-state index in [0.717, 1.165) is 15.8 Å². The molecule has 2 aromatic heterocycles. The number of nitrogens with zero attached hydrogens (tertiary/aromatic N) is 3. The fourth-order valence-electron chi connectivity index (χ4n) is 1.80. The van der Waals surface area contributed by atoms with Gasteiger partial charge in [0, 0.05) is 5.56 Å². The molecule has 0 atom stereocenters. The second-order valence-electron chi connectivity index (χ2n) is 4.05. The molecular formula is C14H8BrN3O2S. The Bertz CT molecular complexity index is 835. The van der Waals surface area contributed by atoms with Crippen LogP contribution < -0.4 is 4.74 Å². The first-order valence-corrected chi connectivity index (χ1v) is 7.56. The second-order valence-corrected chi connectivity index (χ2v) is 5.82. The highest BCUT2D eigenvalue weighted by Gasteiger charge is 2.16. The lowest BCUT2D eigenvalue weighted by atomic mass is 10.2. The first kappa shape index (κ1) is 13.8. The van der Waals surface area contributed by atoms with E-state index >= 15 is 0 Å². The van der Waals surface area contributed by atoms with Crippen molar-refractivity contribution in [3.63, 3.8) is 0 Å². The standard InChI is InChI=1S/C14H8BrN3O2S/c1-19-11-3-2-8(6-10(11)15)13-17-14(20-18-13)12-9(7-16)4-5-21-12/h2-6H,1H3. The minimum absolute atomic E-state index is 0.350. The van der Waals surface area contributed by atoms with Crippen LogP contribution >= 0.6 is 27.3 Å². The summed E-state index contributed by atoms with van der Waals surface area (Å²) < 4.78 is 11.2. The van der Waals surface area contributed by atoms with Gasteiger partial charge in [-0.3, -0.25) is 0 Å². The van der Waals surface area contributed by atoms with Crippen molar-refractivity contribution in [1.82, 2.24) is 10.1 Å². The molecule has 3 rings (SSSR count).